The lowest BCUT2D eigenvalue weighted by atomic mass is 9.78. The van der Waals surface area contributed by atoms with Crippen LogP contribution in [-0.4, -0.2) is 46.8 Å². The van der Waals surface area contributed by atoms with Gasteiger partial charge in [0, 0.05) is 18.2 Å². The van der Waals surface area contributed by atoms with Crippen LogP contribution in [-0.2, 0) is 10.2 Å². The number of fused-ring (bicyclic) bond motifs is 1. The second-order valence-electron chi connectivity index (χ2n) is 7.90. The molecular formula is C21H32FN5O. The second-order valence-corrected chi connectivity index (χ2v) is 7.90. The first-order valence-electron chi connectivity index (χ1n) is 9.70. The number of hydrogen-bond donors (Lipinski definition) is 2. The standard InChI is InChI=1S/C21H32FN5O/c1-7-21(5,9-11-26(6)14(2)3)18-13-25-27-15(4)17(19(23)28)12-16(22)8-10-24-20(18)27/h8,12-14,24H,4,7,9-11H2,1-3,5-6H3,(H2,23,28)/b16-8+,17-12+. The van der Waals surface area contributed by atoms with Gasteiger partial charge in [0.15, 0.2) is 0 Å². The molecule has 1 aliphatic rings. The lowest BCUT2D eigenvalue weighted by molar-refractivity contribution is -0.114. The van der Waals surface area contributed by atoms with Crippen LogP contribution in [0.2, 0.25) is 0 Å². The summed E-state index contributed by atoms with van der Waals surface area (Å²) in [5.41, 5.74) is 6.59. The average Bonchev–Trinajstić information content (AvgIpc) is 3.08. The highest BCUT2D eigenvalue weighted by molar-refractivity contribution is 6.04. The molecule has 1 atom stereocenters. The van der Waals surface area contributed by atoms with Gasteiger partial charge >= 0.3 is 0 Å². The predicted molar refractivity (Wildman–Crippen MR) is 113 cm³/mol. The summed E-state index contributed by atoms with van der Waals surface area (Å²) >= 11 is 0. The molecule has 2 rings (SSSR count). The van der Waals surface area contributed by atoms with Gasteiger partial charge < -0.3 is 16.0 Å². The number of aromatic nitrogens is 2. The summed E-state index contributed by atoms with van der Waals surface area (Å²) in [6.07, 6.45) is 6.15. The third kappa shape index (κ3) is 4.52. The van der Waals surface area contributed by atoms with Crippen molar-refractivity contribution in [1.82, 2.24) is 14.7 Å². The van der Waals surface area contributed by atoms with Gasteiger partial charge in [-0.2, -0.15) is 5.10 Å². The summed E-state index contributed by atoms with van der Waals surface area (Å²) in [4.78, 5) is 14.1. The van der Waals surface area contributed by atoms with Gasteiger partial charge in [-0.05, 0) is 57.8 Å². The van der Waals surface area contributed by atoms with Crippen molar-refractivity contribution in [2.45, 2.75) is 52.0 Å². The highest BCUT2D eigenvalue weighted by Gasteiger charge is 2.32. The van der Waals surface area contributed by atoms with E-state index < -0.39 is 11.7 Å². The molecule has 1 aliphatic heterocycles. The zero-order chi connectivity index (χ0) is 21.1. The van der Waals surface area contributed by atoms with E-state index in [-0.39, 0.29) is 23.2 Å². The smallest absolute Gasteiger partial charge is 0.250 e. The molecule has 154 valence electrons. The number of carbonyl (C=O) groups excluding carboxylic acids is 1. The maximum Gasteiger partial charge on any atom is 0.250 e. The molecule has 1 aromatic rings. The lowest BCUT2D eigenvalue weighted by Gasteiger charge is -2.32. The van der Waals surface area contributed by atoms with E-state index >= 15 is 0 Å². The zero-order valence-corrected chi connectivity index (χ0v) is 17.6. The molecule has 0 bridgehead atoms. The highest BCUT2D eigenvalue weighted by Crippen LogP contribution is 2.38. The molecule has 3 N–H and O–H groups in total. The highest BCUT2D eigenvalue weighted by atomic mass is 19.1. The topological polar surface area (TPSA) is 76.2 Å². The van der Waals surface area contributed by atoms with E-state index in [2.05, 4.69) is 56.6 Å². The number of nitrogens with zero attached hydrogens (tertiary/aromatic N) is 3. The molecule has 0 aromatic carbocycles. The van der Waals surface area contributed by atoms with Crippen LogP contribution in [0.3, 0.4) is 0 Å². The van der Waals surface area contributed by atoms with Gasteiger partial charge in [0.25, 0.3) is 5.91 Å². The number of nitrogens with two attached hydrogens (primary N) is 1. The van der Waals surface area contributed by atoms with Crippen molar-refractivity contribution in [1.29, 1.82) is 0 Å². The Hall–Kier alpha value is -2.41. The largest absolute Gasteiger partial charge is 0.366 e. The predicted octanol–water partition coefficient (Wildman–Crippen LogP) is 3.44. The van der Waals surface area contributed by atoms with Crippen molar-refractivity contribution in [3.63, 3.8) is 0 Å². The Labute approximate surface area is 167 Å². The Morgan fingerprint density at radius 2 is 2.21 bits per heavy atom. The van der Waals surface area contributed by atoms with E-state index in [9.17, 15) is 9.18 Å². The minimum Gasteiger partial charge on any atom is -0.366 e. The molecule has 6 nitrogen and oxygen atoms in total. The molecule has 28 heavy (non-hydrogen) atoms. The Morgan fingerprint density at radius 1 is 1.54 bits per heavy atom. The fraction of sp³-hybridized carbons (Fsp3) is 0.524. The molecule has 0 radical (unpaired) electrons. The minimum atomic E-state index is -0.740. The molecule has 0 saturated carbocycles. The third-order valence-corrected chi connectivity index (χ3v) is 5.78. The van der Waals surface area contributed by atoms with E-state index in [0.717, 1.165) is 36.8 Å². The van der Waals surface area contributed by atoms with Crippen molar-refractivity contribution in [2.24, 2.45) is 5.73 Å². The van der Waals surface area contributed by atoms with E-state index in [1.54, 1.807) is 4.68 Å². The van der Waals surface area contributed by atoms with Crippen LogP contribution in [0.25, 0.3) is 5.70 Å². The summed E-state index contributed by atoms with van der Waals surface area (Å²) in [5, 5.41) is 7.71. The van der Waals surface area contributed by atoms with Crippen LogP contribution >= 0.6 is 0 Å². The van der Waals surface area contributed by atoms with Crippen LogP contribution in [0.15, 0.2) is 36.3 Å². The molecule has 2 heterocycles. The van der Waals surface area contributed by atoms with Gasteiger partial charge in [-0.1, -0.05) is 20.4 Å². The van der Waals surface area contributed by atoms with E-state index in [0.29, 0.717) is 6.04 Å². The van der Waals surface area contributed by atoms with E-state index in [4.69, 9.17) is 5.73 Å². The van der Waals surface area contributed by atoms with Gasteiger partial charge in [0.1, 0.15) is 11.6 Å². The Balaban J connectivity index is 2.47. The molecule has 1 unspecified atom stereocenters. The number of hydrogen-bond acceptors (Lipinski definition) is 4. The summed E-state index contributed by atoms with van der Waals surface area (Å²) in [5.74, 6) is -0.554. The Morgan fingerprint density at radius 3 is 2.79 bits per heavy atom. The SMILES string of the molecule is C=C1/C(C(N)=O)=C\C(F)=C/CNc2c(C(C)(CC)CCN(C)C(C)C)cnn21. The normalized spacial score (nSPS) is 20.8. The molecule has 0 fully saturated rings. The van der Waals surface area contributed by atoms with Gasteiger partial charge in [0.2, 0.25) is 0 Å². The number of carbonyl (C=O) groups is 1. The number of rotatable bonds is 7. The molecule has 0 spiro atoms. The summed E-state index contributed by atoms with van der Waals surface area (Å²) in [6.45, 7) is 13.9. The third-order valence-electron chi connectivity index (χ3n) is 5.78. The first-order valence-corrected chi connectivity index (χ1v) is 9.70. The zero-order valence-electron chi connectivity index (χ0n) is 17.6. The average molecular weight is 390 g/mol. The molecule has 1 amide bonds. The number of allylic oxidation sites excluding steroid dienone is 2. The van der Waals surface area contributed by atoms with Crippen LogP contribution < -0.4 is 11.1 Å². The number of primary amides is 1. The fourth-order valence-electron chi connectivity index (χ4n) is 3.20. The quantitative estimate of drug-likeness (QED) is 0.749. The van der Waals surface area contributed by atoms with Crippen molar-refractivity contribution >= 4 is 17.4 Å². The molecule has 7 heteroatoms. The number of amides is 1. The van der Waals surface area contributed by atoms with Crippen molar-refractivity contribution < 1.29 is 9.18 Å². The van der Waals surface area contributed by atoms with Crippen LogP contribution in [0.1, 0.15) is 46.1 Å². The summed E-state index contributed by atoms with van der Waals surface area (Å²) in [6, 6.07) is 0.465. The molecular weight excluding hydrogens is 357 g/mol. The maximum absolute atomic E-state index is 14.1. The monoisotopic (exact) mass is 389 g/mol. The maximum atomic E-state index is 14.1. The van der Waals surface area contributed by atoms with Crippen LogP contribution in [0.5, 0.6) is 0 Å². The Bertz CT molecular complexity index is 808. The fourth-order valence-corrected chi connectivity index (χ4v) is 3.20. The second kappa shape index (κ2) is 8.73. The van der Waals surface area contributed by atoms with Gasteiger partial charge in [-0.25, -0.2) is 9.07 Å². The minimum absolute atomic E-state index is 0.00564. The lowest BCUT2D eigenvalue weighted by Crippen LogP contribution is -2.33. The first-order chi connectivity index (χ1) is 13.1. The van der Waals surface area contributed by atoms with Crippen molar-refractivity contribution in [3.05, 3.63) is 41.9 Å². The number of anilines is 1. The van der Waals surface area contributed by atoms with Gasteiger partial charge in [0.05, 0.1) is 17.5 Å². The van der Waals surface area contributed by atoms with E-state index in [1.165, 1.54) is 6.08 Å². The van der Waals surface area contributed by atoms with Crippen molar-refractivity contribution in [3.8, 4) is 0 Å². The van der Waals surface area contributed by atoms with Crippen LogP contribution in [0, 0.1) is 0 Å². The molecule has 0 saturated heterocycles. The molecule has 0 aliphatic carbocycles. The van der Waals surface area contributed by atoms with Crippen molar-refractivity contribution in [2.75, 3.05) is 25.5 Å². The summed E-state index contributed by atoms with van der Waals surface area (Å²) < 4.78 is 15.6. The Kier molecular flexibility index (Phi) is 6.82. The van der Waals surface area contributed by atoms with E-state index in [1.807, 2.05) is 6.20 Å². The first kappa shape index (κ1) is 21.9. The van der Waals surface area contributed by atoms with Gasteiger partial charge in [-0.15, -0.1) is 0 Å². The van der Waals surface area contributed by atoms with Gasteiger partial charge in [-0.3, -0.25) is 4.79 Å². The molecule has 1 aromatic heterocycles. The van der Waals surface area contributed by atoms with Crippen LogP contribution in [0.4, 0.5) is 10.2 Å². The number of halogens is 1. The number of nitrogens with one attached hydrogen (secondary N) is 1. The summed E-state index contributed by atoms with van der Waals surface area (Å²) in [7, 11) is 2.12.